The standard InChI is InChI=1S/C16H20ClN3/c1-3-5-13(6-4-2)19-20-15-9-10-18-16-11-12(17)7-8-14(15)16/h7-11H,3-6H2,1-2H3,(H,18,20). The van der Waals surface area contributed by atoms with Gasteiger partial charge in [-0.25, -0.2) is 0 Å². The Labute approximate surface area is 125 Å². The molecule has 1 aromatic heterocycles. The molecule has 0 spiro atoms. The van der Waals surface area contributed by atoms with Crippen LogP contribution in [0.1, 0.15) is 39.5 Å². The summed E-state index contributed by atoms with van der Waals surface area (Å²) in [6.07, 6.45) is 6.08. The molecular weight excluding hydrogens is 270 g/mol. The van der Waals surface area contributed by atoms with Crippen LogP contribution in [-0.2, 0) is 0 Å². The van der Waals surface area contributed by atoms with E-state index in [1.807, 2.05) is 24.3 Å². The first-order valence-electron chi connectivity index (χ1n) is 7.10. The van der Waals surface area contributed by atoms with E-state index in [0.717, 1.165) is 42.3 Å². The molecule has 0 saturated carbocycles. The fourth-order valence-electron chi connectivity index (χ4n) is 2.17. The maximum atomic E-state index is 5.99. The summed E-state index contributed by atoms with van der Waals surface area (Å²) in [6, 6.07) is 7.65. The van der Waals surface area contributed by atoms with Crippen LogP contribution in [0.5, 0.6) is 0 Å². The highest BCUT2D eigenvalue weighted by Gasteiger charge is 2.03. The molecule has 0 unspecified atom stereocenters. The minimum Gasteiger partial charge on any atom is -0.278 e. The maximum Gasteiger partial charge on any atom is 0.0738 e. The highest BCUT2D eigenvalue weighted by atomic mass is 35.5. The summed E-state index contributed by atoms with van der Waals surface area (Å²) >= 11 is 5.99. The lowest BCUT2D eigenvalue weighted by Gasteiger charge is -2.08. The Balaban J connectivity index is 2.26. The van der Waals surface area contributed by atoms with Crippen LogP contribution in [0.15, 0.2) is 35.6 Å². The molecule has 1 N–H and O–H groups in total. The average molecular weight is 290 g/mol. The molecule has 0 aliphatic heterocycles. The van der Waals surface area contributed by atoms with Crippen molar-refractivity contribution in [2.24, 2.45) is 5.10 Å². The Kier molecular flexibility index (Phi) is 5.36. The summed E-state index contributed by atoms with van der Waals surface area (Å²) in [5.74, 6) is 0. The molecule has 0 aliphatic rings. The average Bonchev–Trinajstić information content (AvgIpc) is 2.44. The second-order valence-electron chi connectivity index (χ2n) is 4.81. The second-order valence-corrected chi connectivity index (χ2v) is 5.25. The van der Waals surface area contributed by atoms with Crippen molar-refractivity contribution in [3.05, 3.63) is 35.5 Å². The van der Waals surface area contributed by atoms with Crippen molar-refractivity contribution in [1.29, 1.82) is 0 Å². The second kappa shape index (κ2) is 7.25. The highest BCUT2D eigenvalue weighted by molar-refractivity contribution is 6.31. The molecule has 20 heavy (non-hydrogen) atoms. The highest BCUT2D eigenvalue weighted by Crippen LogP contribution is 2.24. The van der Waals surface area contributed by atoms with Crippen LogP contribution in [0.4, 0.5) is 5.69 Å². The number of benzene rings is 1. The van der Waals surface area contributed by atoms with E-state index < -0.39 is 0 Å². The van der Waals surface area contributed by atoms with Gasteiger partial charge in [0, 0.05) is 22.3 Å². The zero-order valence-corrected chi connectivity index (χ0v) is 12.7. The van der Waals surface area contributed by atoms with E-state index in [-0.39, 0.29) is 0 Å². The van der Waals surface area contributed by atoms with Gasteiger partial charge in [-0.15, -0.1) is 0 Å². The molecule has 0 radical (unpaired) electrons. The number of fused-ring (bicyclic) bond motifs is 1. The first kappa shape index (κ1) is 14.8. The third-order valence-corrected chi connectivity index (χ3v) is 3.35. The van der Waals surface area contributed by atoms with Crippen molar-refractivity contribution < 1.29 is 0 Å². The molecule has 2 rings (SSSR count). The summed E-state index contributed by atoms with van der Waals surface area (Å²) in [6.45, 7) is 4.35. The molecule has 0 atom stereocenters. The number of hydrogen-bond donors (Lipinski definition) is 1. The van der Waals surface area contributed by atoms with Gasteiger partial charge < -0.3 is 0 Å². The predicted octanol–water partition coefficient (Wildman–Crippen LogP) is 5.26. The summed E-state index contributed by atoms with van der Waals surface area (Å²) in [7, 11) is 0. The maximum absolute atomic E-state index is 5.99. The molecule has 0 bridgehead atoms. The van der Waals surface area contributed by atoms with Gasteiger partial charge in [0.25, 0.3) is 0 Å². The van der Waals surface area contributed by atoms with E-state index >= 15 is 0 Å². The number of rotatable bonds is 6. The molecule has 0 aliphatic carbocycles. The molecule has 0 saturated heterocycles. The van der Waals surface area contributed by atoms with E-state index in [9.17, 15) is 0 Å². The Hall–Kier alpha value is -1.61. The summed E-state index contributed by atoms with van der Waals surface area (Å²) in [5.41, 5.74) is 6.25. The topological polar surface area (TPSA) is 37.3 Å². The number of halogens is 1. The lowest BCUT2D eigenvalue weighted by Crippen LogP contribution is -2.02. The number of nitrogens with one attached hydrogen (secondary N) is 1. The molecule has 1 aromatic carbocycles. The van der Waals surface area contributed by atoms with Crippen LogP contribution in [-0.4, -0.2) is 10.7 Å². The van der Waals surface area contributed by atoms with Crippen LogP contribution >= 0.6 is 11.6 Å². The normalized spacial score (nSPS) is 10.6. The van der Waals surface area contributed by atoms with Crippen molar-refractivity contribution in [3.63, 3.8) is 0 Å². The summed E-state index contributed by atoms with van der Waals surface area (Å²) in [4.78, 5) is 4.33. The van der Waals surface area contributed by atoms with Crippen molar-refractivity contribution in [2.45, 2.75) is 39.5 Å². The Morgan fingerprint density at radius 1 is 1.20 bits per heavy atom. The van der Waals surface area contributed by atoms with Crippen LogP contribution in [0, 0.1) is 0 Å². The lowest BCUT2D eigenvalue weighted by molar-refractivity contribution is 0.909. The third kappa shape index (κ3) is 3.70. The zero-order chi connectivity index (χ0) is 14.4. The third-order valence-electron chi connectivity index (χ3n) is 3.12. The fraction of sp³-hybridized carbons (Fsp3) is 0.375. The van der Waals surface area contributed by atoms with Gasteiger partial charge in [0.1, 0.15) is 0 Å². The van der Waals surface area contributed by atoms with Crippen LogP contribution in [0.25, 0.3) is 10.9 Å². The number of hydrazone groups is 1. The van der Waals surface area contributed by atoms with E-state index in [0.29, 0.717) is 5.02 Å². The Morgan fingerprint density at radius 2 is 1.95 bits per heavy atom. The zero-order valence-electron chi connectivity index (χ0n) is 12.0. The van der Waals surface area contributed by atoms with Crippen molar-refractivity contribution in [2.75, 3.05) is 5.43 Å². The fourth-order valence-corrected chi connectivity index (χ4v) is 2.34. The van der Waals surface area contributed by atoms with Gasteiger partial charge in [-0.3, -0.25) is 10.4 Å². The quantitative estimate of drug-likeness (QED) is 0.582. The molecule has 1 heterocycles. The van der Waals surface area contributed by atoms with Gasteiger partial charge in [0.05, 0.1) is 11.2 Å². The van der Waals surface area contributed by atoms with Crippen molar-refractivity contribution in [3.8, 4) is 0 Å². The van der Waals surface area contributed by atoms with Gasteiger partial charge in [-0.1, -0.05) is 38.3 Å². The number of anilines is 1. The summed E-state index contributed by atoms with van der Waals surface area (Å²) in [5, 5.41) is 6.28. The Bertz CT molecular complexity index is 600. The minimum atomic E-state index is 0.698. The minimum absolute atomic E-state index is 0.698. The molecule has 2 aromatic rings. The van der Waals surface area contributed by atoms with Crippen LogP contribution in [0.2, 0.25) is 5.02 Å². The van der Waals surface area contributed by atoms with Gasteiger partial charge in [-0.2, -0.15) is 5.10 Å². The van der Waals surface area contributed by atoms with Gasteiger partial charge in [0.2, 0.25) is 0 Å². The van der Waals surface area contributed by atoms with Gasteiger partial charge in [-0.05, 0) is 37.1 Å². The monoisotopic (exact) mass is 289 g/mol. The van der Waals surface area contributed by atoms with Crippen LogP contribution < -0.4 is 5.43 Å². The van der Waals surface area contributed by atoms with Gasteiger partial charge >= 0.3 is 0 Å². The molecule has 3 nitrogen and oxygen atoms in total. The van der Waals surface area contributed by atoms with E-state index in [1.54, 1.807) is 6.20 Å². The Morgan fingerprint density at radius 3 is 2.65 bits per heavy atom. The number of nitrogens with zero attached hydrogens (tertiary/aromatic N) is 2. The van der Waals surface area contributed by atoms with Gasteiger partial charge in [0.15, 0.2) is 0 Å². The smallest absolute Gasteiger partial charge is 0.0738 e. The molecular formula is C16H20ClN3. The van der Waals surface area contributed by atoms with Crippen LogP contribution in [0.3, 0.4) is 0 Å². The summed E-state index contributed by atoms with van der Waals surface area (Å²) < 4.78 is 0. The van der Waals surface area contributed by atoms with E-state index in [1.165, 1.54) is 5.71 Å². The lowest BCUT2D eigenvalue weighted by atomic mass is 10.1. The van der Waals surface area contributed by atoms with E-state index in [2.05, 4.69) is 29.4 Å². The molecule has 4 heteroatoms. The number of pyridine rings is 1. The van der Waals surface area contributed by atoms with Crippen molar-refractivity contribution in [1.82, 2.24) is 4.98 Å². The first-order valence-corrected chi connectivity index (χ1v) is 7.48. The SMILES string of the molecule is CCCC(CCC)=NNc1ccnc2cc(Cl)ccc12. The van der Waals surface area contributed by atoms with E-state index in [4.69, 9.17) is 11.6 Å². The molecule has 106 valence electrons. The number of aromatic nitrogens is 1. The largest absolute Gasteiger partial charge is 0.278 e. The number of hydrogen-bond acceptors (Lipinski definition) is 3. The predicted molar refractivity (Wildman–Crippen MR) is 87.6 cm³/mol. The molecule has 0 fully saturated rings. The van der Waals surface area contributed by atoms with Crippen molar-refractivity contribution >= 4 is 33.9 Å². The molecule has 0 amide bonds. The first-order chi connectivity index (χ1) is 9.74.